The smallest absolute Gasteiger partial charge is 0.410 e. The van der Waals surface area contributed by atoms with E-state index in [0.29, 0.717) is 32.5 Å². The zero-order valence-corrected chi connectivity index (χ0v) is 21.7. The molecule has 192 valence electrons. The second-order valence-corrected chi connectivity index (χ2v) is 10.8. The van der Waals surface area contributed by atoms with E-state index in [4.69, 9.17) is 9.47 Å². The van der Waals surface area contributed by atoms with Gasteiger partial charge in [0.15, 0.2) is 0 Å². The lowest BCUT2D eigenvalue weighted by molar-refractivity contribution is -0.00934. The zero-order chi connectivity index (χ0) is 26.1. The number of carbonyl (C=O) groups excluding carboxylic acids is 1. The highest BCUT2D eigenvalue weighted by Crippen LogP contribution is 2.38. The van der Waals surface area contributed by atoms with Gasteiger partial charge in [0.25, 0.3) is 0 Å². The number of hydrogen-bond donors (Lipinski definition) is 1. The van der Waals surface area contributed by atoms with Gasteiger partial charge >= 0.3 is 6.09 Å². The lowest BCUT2D eigenvalue weighted by Crippen LogP contribution is -2.48. The van der Waals surface area contributed by atoms with Crippen molar-refractivity contribution in [1.29, 1.82) is 0 Å². The van der Waals surface area contributed by atoms with Gasteiger partial charge in [0.2, 0.25) is 5.56 Å². The lowest BCUT2D eigenvalue weighted by Gasteiger charge is -2.42. The fourth-order valence-corrected chi connectivity index (χ4v) is 4.91. The van der Waals surface area contributed by atoms with E-state index in [-0.39, 0.29) is 29.0 Å². The molecule has 0 spiro atoms. The van der Waals surface area contributed by atoms with Crippen LogP contribution in [0, 0.1) is 12.7 Å². The van der Waals surface area contributed by atoms with Crippen molar-refractivity contribution in [2.75, 3.05) is 19.7 Å². The highest BCUT2D eigenvalue weighted by Gasteiger charge is 2.39. The lowest BCUT2D eigenvalue weighted by atomic mass is 9.73. The molecule has 0 aliphatic carbocycles. The normalized spacial score (nSPS) is 16.7. The number of halogens is 1. The summed E-state index contributed by atoms with van der Waals surface area (Å²) in [5, 5.41) is 0.957. The summed E-state index contributed by atoms with van der Waals surface area (Å²) in [5.41, 5.74) is 2.67. The van der Waals surface area contributed by atoms with Crippen molar-refractivity contribution in [1.82, 2.24) is 9.88 Å². The van der Waals surface area contributed by atoms with Crippen LogP contribution in [-0.4, -0.2) is 41.3 Å². The minimum atomic E-state index is -0.557. The molecule has 1 fully saturated rings. The first-order valence-electron chi connectivity index (χ1n) is 12.4. The molecule has 1 unspecified atom stereocenters. The van der Waals surface area contributed by atoms with Gasteiger partial charge in [-0.1, -0.05) is 23.8 Å². The molecule has 1 amide bonds. The minimum Gasteiger partial charge on any atom is -0.444 e. The summed E-state index contributed by atoms with van der Waals surface area (Å²) in [6.07, 6.45) is 0.720. The number of aryl methyl sites for hydroxylation is 1. The van der Waals surface area contributed by atoms with Crippen LogP contribution in [-0.2, 0) is 14.9 Å². The van der Waals surface area contributed by atoms with E-state index < -0.39 is 5.60 Å². The molecule has 0 saturated carbocycles. The van der Waals surface area contributed by atoms with Gasteiger partial charge in [0.1, 0.15) is 11.4 Å². The van der Waals surface area contributed by atoms with Crippen LogP contribution in [0.15, 0.2) is 53.3 Å². The number of carbonyl (C=O) groups is 1. The summed E-state index contributed by atoms with van der Waals surface area (Å²) in [6, 6.07) is 14.0. The first-order valence-corrected chi connectivity index (χ1v) is 12.4. The second kappa shape index (κ2) is 10.1. The van der Waals surface area contributed by atoms with Crippen molar-refractivity contribution in [2.24, 2.45) is 0 Å². The van der Waals surface area contributed by atoms with E-state index in [1.165, 1.54) is 18.2 Å². The number of fused-ring (bicyclic) bond motifs is 1. The van der Waals surface area contributed by atoms with Crippen molar-refractivity contribution < 1.29 is 18.7 Å². The van der Waals surface area contributed by atoms with Gasteiger partial charge in [-0.3, -0.25) is 4.79 Å². The van der Waals surface area contributed by atoms with E-state index >= 15 is 0 Å². The minimum absolute atomic E-state index is 0.155. The Morgan fingerprint density at radius 1 is 1.11 bits per heavy atom. The first kappa shape index (κ1) is 25.9. The van der Waals surface area contributed by atoms with E-state index in [9.17, 15) is 14.0 Å². The summed E-state index contributed by atoms with van der Waals surface area (Å²) < 4.78 is 25.8. The van der Waals surface area contributed by atoms with E-state index in [1.807, 2.05) is 65.0 Å². The maximum Gasteiger partial charge on any atom is 0.410 e. The zero-order valence-electron chi connectivity index (χ0n) is 21.7. The van der Waals surface area contributed by atoms with Gasteiger partial charge in [0.05, 0.1) is 18.2 Å². The Labute approximate surface area is 211 Å². The number of nitrogens with zero attached hydrogens (tertiary/aromatic N) is 1. The van der Waals surface area contributed by atoms with Gasteiger partial charge in [-0.15, -0.1) is 0 Å². The van der Waals surface area contributed by atoms with Crippen LogP contribution >= 0.6 is 0 Å². The number of rotatable bonds is 5. The number of ether oxygens (including phenoxy) is 2. The Morgan fingerprint density at radius 3 is 2.42 bits per heavy atom. The average molecular weight is 495 g/mol. The number of nitrogens with one attached hydrogen (secondary N) is 1. The Morgan fingerprint density at radius 2 is 1.78 bits per heavy atom. The monoisotopic (exact) mass is 494 g/mol. The number of likely N-dealkylation sites (tertiary alicyclic amines) is 1. The Bertz CT molecular complexity index is 1290. The van der Waals surface area contributed by atoms with Crippen LogP contribution in [0.5, 0.6) is 0 Å². The quantitative estimate of drug-likeness (QED) is 0.471. The van der Waals surface area contributed by atoms with Crippen LogP contribution < -0.4 is 5.56 Å². The van der Waals surface area contributed by atoms with Crippen LogP contribution in [0.4, 0.5) is 9.18 Å². The summed E-state index contributed by atoms with van der Waals surface area (Å²) in [5.74, 6) is -0.287. The van der Waals surface area contributed by atoms with Gasteiger partial charge < -0.3 is 19.4 Å². The van der Waals surface area contributed by atoms with E-state index in [2.05, 4.69) is 4.98 Å². The third kappa shape index (κ3) is 5.78. The van der Waals surface area contributed by atoms with Gasteiger partial charge in [-0.05, 0) is 82.7 Å². The average Bonchev–Trinajstić information content (AvgIpc) is 2.82. The van der Waals surface area contributed by atoms with Crippen molar-refractivity contribution in [3.8, 4) is 0 Å². The molecule has 7 heteroatoms. The highest BCUT2D eigenvalue weighted by atomic mass is 19.1. The van der Waals surface area contributed by atoms with Crippen LogP contribution in [0.2, 0.25) is 0 Å². The molecule has 1 atom stereocenters. The molecule has 1 aliphatic rings. The topological polar surface area (TPSA) is 71.6 Å². The predicted octanol–water partition coefficient (Wildman–Crippen LogP) is 6.02. The molecule has 1 saturated heterocycles. The van der Waals surface area contributed by atoms with Gasteiger partial charge in [-0.25, -0.2) is 9.18 Å². The standard InChI is InChI=1S/C29H35FN2O4/c1-19-16-21-6-11-25(33)31-26(21)24(17-19)20(2)35-18-29(22-7-9-23(30)10-8-22)12-14-32(15-13-29)27(34)36-28(3,4)5/h6-11,16-17,20H,12-15,18H2,1-5H3,(H,31,33). The summed E-state index contributed by atoms with van der Waals surface area (Å²) >= 11 is 0. The Hall–Kier alpha value is -3.19. The molecule has 0 radical (unpaired) electrons. The molecular weight excluding hydrogens is 459 g/mol. The summed E-state index contributed by atoms with van der Waals surface area (Å²) in [6.45, 7) is 11.0. The maximum atomic E-state index is 13.7. The molecule has 2 heterocycles. The molecule has 1 N–H and O–H groups in total. The van der Waals surface area contributed by atoms with Gasteiger partial charge in [-0.2, -0.15) is 0 Å². The van der Waals surface area contributed by atoms with E-state index in [0.717, 1.165) is 27.6 Å². The number of amides is 1. The largest absolute Gasteiger partial charge is 0.444 e. The predicted molar refractivity (Wildman–Crippen MR) is 139 cm³/mol. The molecule has 3 aromatic rings. The molecule has 1 aliphatic heterocycles. The second-order valence-electron chi connectivity index (χ2n) is 10.8. The van der Waals surface area contributed by atoms with Crippen LogP contribution in [0.3, 0.4) is 0 Å². The van der Waals surface area contributed by atoms with Crippen molar-refractivity contribution in [2.45, 2.75) is 64.6 Å². The molecule has 36 heavy (non-hydrogen) atoms. The third-order valence-corrected chi connectivity index (χ3v) is 6.88. The molecule has 2 aromatic carbocycles. The van der Waals surface area contributed by atoms with Crippen LogP contribution in [0.25, 0.3) is 10.9 Å². The maximum absolute atomic E-state index is 13.7. The third-order valence-electron chi connectivity index (χ3n) is 6.88. The van der Waals surface area contributed by atoms with Crippen molar-refractivity contribution in [3.05, 3.63) is 81.4 Å². The molecule has 0 bridgehead atoms. The number of H-pyrrole nitrogens is 1. The Kier molecular flexibility index (Phi) is 7.23. The van der Waals surface area contributed by atoms with Gasteiger partial charge in [0, 0.05) is 30.1 Å². The van der Waals surface area contributed by atoms with Crippen LogP contribution in [0.1, 0.15) is 63.3 Å². The number of aromatic nitrogens is 1. The summed E-state index contributed by atoms with van der Waals surface area (Å²) in [4.78, 5) is 29.3. The van der Waals surface area contributed by atoms with Crippen molar-refractivity contribution in [3.63, 3.8) is 0 Å². The number of piperidine rings is 1. The highest BCUT2D eigenvalue weighted by molar-refractivity contribution is 5.82. The number of pyridine rings is 1. The first-order chi connectivity index (χ1) is 17.0. The fraction of sp³-hybridized carbons (Fsp3) is 0.448. The number of aromatic amines is 1. The molecular formula is C29H35FN2O4. The molecule has 4 rings (SSSR count). The Balaban J connectivity index is 1.57. The SMILES string of the molecule is Cc1cc(C(C)OCC2(c3ccc(F)cc3)CCN(C(=O)OC(C)(C)C)CC2)c2[nH]c(=O)ccc2c1. The fourth-order valence-electron chi connectivity index (χ4n) is 4.91. The summed E-state index contributed by atoms with van der Waals surface area (Å²) in [7, 11) is 0. The number of benzene rings is 2. The number of hydrogen-bond acceptors (Lipinski definition) is 4. The molecule has 6 nitrogen and oxygen atoms in total. The van der Waals surface area contributed by atoms with E-state index in [1.54, 1.807) is 4.90 Å². The molecule has 1 aromatic heterocycles. The van der Waals surface area contributed by atoms with Crippen molar-refractivity contribution >= 4 is 17.0 Å².